The first kappa shape index (κ1) is 24.9. The number of hydrogen-bond donors (Lipinski definition) is 1. The first-order valence-corrected chi connectivity index (χ1v) is 12.2. The van der Waals surface area contributed by atoms with E-state index in [1.807, 2.05) is 17.1 Å². The van der Waals surface area contributed by atoms with Crippen LogP contribution in [0, 0.1) is 17.3 Å². The van der Waals surface area contributed by atoms with Crippen LogP contribution < -0.4 is 0 Å². The number of aliphatic hydroxyl groups excluding tert-OH is 1. The van der Waals surface area contributed by atoms with Crippen LogP contribution in [0.3, 0.4) is 0 Å². The first-order valence-electron chi connectivity index (χ1n) is 12.2. The van der Waals surface area contributed by atoms with Crippen molar-refractivity contribution in [3.8, 4) is 0 Å². The molecule has 0 aliphatic carbocycles. The van der Waals surface area contributed by atoms with Gasteiger partial charge < -0.3 is 24.4 Å². The molecule has 4 aliphatic rings. The number of fused-ring (bicyclic) bond motifs is 2. The van der Waals surface area contributed by atoms with Crippen LogP contribution in [0.15, 0.2) is 24.3 Å². The number of nitrogens with zero attached hydrogens (tertiary/aromatic N) is 2. The molecule has 5 atom stereocenters. The largest absolute Gasteiger partial charge is 0.461 e. The van der Waals surface area contributed by atoms with Gasteiger partial charge in [-0.25, -0.2) is 0 Å². The third kappa shape index (κ3) is 3.79. The zero-order valence-electron chi connectivity index (χ0n) is 21.2. The van der Waals surface area contributed by atoms with E-state index in [4.69, 9.17) is 9.47 Å². The summed E-state index contributed by atoms with van der Waals surface area (Å²) in [5.74, 6) is -2.70. The van der Waals surface area contributed by atoms with Gasteiger partial charge in [-0.15, -0.1) is 0 Å². The molecular weight excluding hydrogens is 436 g/mol. The number of rotatable bonds is 5. The average molecular weight is 475 g/mol. The maximum absolute atomic E-state index is 14.3. The molecule has 0 aromatic rings. The van der Waals surface area contributed by atoms with Gasteiger partial charge in [0, 0.05) is 25.2 Å². The third-order valence-electron chi connectivity index (χ3n) is 7.56. The van der Waals surface area contributed by atoms with Crippen molar-refractivity contribution in [1.29, 1.82) is 0 Å². The molecule has 0 radical (unpaired) electrons. The van der Waals surface area contributed by atoms with Gasteiger partial charge in [-0.3, -0.25) is 14.4 Å². The number of likely N-dealkylation sites (tertiary alicyclic amines) is 1. The fourth-order valence-electron chi connectivity index (χ4n) is 6.77. The molecule has 0 aromatic carbocycles. The molecule has 0 aromatic heterocycles. The normalized spacial score (nSPS) is 35.6. The molecule has 1 N–H and O–H groups in total. The van der Waals surface area contributed by atoms with Gasteiger partial charge in [-0.05, 0) is 45.1 Å². The van der Waals surface area contributed by atoms with Gasteiger partial charge >= 0.3 is 5.97 Å². The Hall–Kier alpha value is -2.19. The first-order chi connectivity index (χ1) is 15.8. The van der Waals surface area contributed by atoms with Crippen molar-refractivity contribution in [2.75, 3.05) is 26.3 Å². The van der Waals surface area contributed by atoms with Crippen molar-refractivity contribution < 1.29 is 29.0 Å². The minimum absolute atomic E-state index is 0.0127. The molecule has 1 spiro atoms. The van der Waals surface area contributed by atoms with Crippen molar-refractivity contribution in [2.24, 2.45) is 17.3 Å². The number of carbonyl (C=O) groups is 3. The second-order valence-electron chi connectivity index (χ2n) is 12.0. The maximum atomic E-state index is 14.3. The number of cyclic esters (lactones) is 1. The molecule has 4 rings (SSSR count). The highest BCUT2D eigenvalue weighted by atomic mass is 16.6. The molecule has 4 heterocycles. The van der Waals surface area contributed by atoms with Crippen molar-refractivity contribution in [3.63, 3.8) is 0 Å². The molecule has 4 aliphatic heterocycles. The van der Waals surface area contributed by atoms with E-state index in [1.54, 1.807) is 19.1 Å². The highest BCUT2D eigenvalue weighted by Gasteiger charge is 2.75. The number of hydrogen-bond acceptors (Lipinski definition) is 6. The summed E-state index contributed by atoms with van der Waals surface area (Å²) in [6, 6.07) is -0.917. The van der Waals surface area contributed by atoms with E-state index in [-0.39, 0.29) is 37.0 Å². The lowest BCUT2D eigenvalue weighted by Crippen LogP contribution is -2.60. The summed E-state index contributed by atoms with van der Waals surface area (Å²) in [6.07, 6.45) is 8.37. The number of carbonyl (C=O) groups excluding carboxylic acids is 3. The number of amides is 2. The Morgan fingerprint density at radius 2 is 1.76 bits per heavy atom. The molecule has 0 bridgehead atoms. The Bertz CT molecular complexity index is 934. The smallest absolute Gasteiger partial charge is 0.313 e. The summed E-state index contributed by atoms with van der Waals surface area (Å²) in [5, 5.41) is 9.49. The van der Waals surface area contributed by atoms with Crippen LogP contribution in [-0.2, 0) is 23.9 Å². The minimum Gasteiger partial charge on any atom is -0.461 e. The van der Waals surface area contributed by atoms with Crippen molar-refractivity contribution in [2.45, 2.75) is 77.2 Å². The lowest BCUT2D eigenvalue weighted by Gasteiger charge is -2.44. The second kappa shape index (κ2) is 8.19. The van der Waals surface area contributed by atoms with Crippen LogP contribution in [0.1, 0.15) is 54.4 Å². The molecular formula is C26H38N2O6. The highest BCUT2D eigenvalue weighted by Crippen LogP contribution is 2.57. The van der Waals surface area contributed by atoms with Crippen LogP contribution in [0.5, 0.6) is 0 Å². The zero-order valence-corrected chi connectivity index (χ0v) is 21.2. The average Bonchev–Trinajstić information content (AvgIpc) is 2.95. The van der Waals surface area contributed by atoms with E-state index in [0.29, 0.717) is 13.0 Å². The predicted molar refractivity (Wildman–Crippen MR) is 126 cm³/mol. The molecule has 1 unspecified atom stereocenters. The van der Waals surface area contributed by atoms with Gasteiger partial charge in [0.25, 0.3) is 0 Å². The van der Waals surface area contributed by atoms with Gasteiger partial charge in [0.05, 0.1) is 11.5 Å². The van der Waals surface area contributed by atoms with Crippen LogP contribution in [0.4, 0.5) is 0 Å². The monoisotopic (exact) mass is 474 g/mol. The van der Waals surface area contributed by atoms with Gasteiger partial charge in [-0.1, -0.05) is 39.0 Å². The third-order valence-corrected chi connectivity index (χ3v) is 7.56. The molecule has 188 valence electrons. The van der Waals surface area contributed by atoms with Gasteiger partial charge in [0.15, 0.2) is 0 Å². The Morgan fingerprint density at radius 3 is 2.41 bits per heavy atom. The maximum Gasteiger partial charge on any atom is 0.313 e. The van der Waals surface area contributed by atoms with Crippen LogP contribution in [-0.4, -0.2) is 81.8 Å². The lowest BCUT2D eigenvalue weighted by molar-refractivity contribution is -0.159. The van der Waals surface area contributed by atoms with E-state index >= 15 is 0 Å². The Morgan fingerprint density at radius 1 is 1.06 bits per heavy atom. The lowest BCUT2D eigenvalue weighted by atomic mass is 9.74. The molecule has 0 saturated carbocycles. The summed E-state index contributed by atoms with van der Waals surface area (Å²) in [4.78, 5) is 44.6. The summed E-state index contributed by atoms with van der Waals surface area (Å²) < 4.78 is 12.0. The molecule has 8 nitrogen and oxygen atoms in total. The summed E-state index contributed by atoms with van der Waals surface area (Å²) >= 11 is 0. The minimum atomic E-state index is -1.28. The SMILES string of the molecule is CC(C)(C)CC(C)(C)N1CC=C[C@]23O[C@]4(C)C=CCOC(=O)[C@@H]4[C@H]2C(=O)N(CCCO)C3C1=O. The number of aliphatic hydroxyl groups is 1. The van der Waals surface area contributed by atoms with E-state index in [1.165, 1.54) is 4.90 Å². The quantitative estimate of drug-likeness (QED) is 0.484. The topological polar surface area (TPSA) is 96.4 Å². The fourth-order valence-corrected chi connectivity index (χ4v) is 6.77. The second-order valence-corrected chi connectivity index (χ2v) is 12.0. The van der Waals surface area contributed by atoms with E-state index in [9.17, 15) is 19.5 Å². The Labute approximate surface area is 201 Å². The Kier molecular flexibility index (Phi) is 6.00. The van der Waals surface area contributed by atoms with E-state index < -0.39 is 40.6 Å². The van der Waals surface area contributed by atoms with Crippen LogP contribution in [0.2, 0.25) is 0 Å². The molecule has 2 amide bonds. The fraction of sp³-hybridized carbons (Fsp3) is 0.731. The number of esters is 1. The Balaban J connectivity index is 1.83. The number of ether oxygens (including phenoxy) is 2. The van der Waals surface area contributed by atoms with E-state index in [2.05, 4.69) is 34.6 Å². The predicted octanol–water partition coefficient (Wildman–Crippen LogP) is 2.07. The van der Waals surface area contributed by atoms with Crippen LogP contribution >= 0.6 is 0 Å². The molecule has 2 fully saturated rings. The molecule has 8 heteroatoms. The highest BCUT2D eigenvalue weighted by molar-refractivity contribution is 5.99. The van der Waals surface area contributed by atoms with Crippen molar-refractivity contribution in [3.05, 3.63) is 24.3 Å². The van der Waals surface area contributed by atoms with Gasteiger partial charge in [-0.2, -0.15) is 0 Å². The van der Waals surface area contributed by atoms with Crippen LogP contribution in [0.25, 0.3) is 0 Å². The summed E-state index contributed by atoms with van der Waals surface area (Å²) in [5.41, 5.74) is -2.83. The van der Waals surface area contributed by atoms with Crippen molar-refractivity contribution in [1.82, 2.24) is 9.80 Å². The van der Waals surface area contributed by atoms with Gasteiger partial charge in [0.1, 0.15) is 24.2 Å². The zero-order chi connectivity index (χ0) is 25.1. The van der Waals surface area contributed by atoms with Gasteiger partial charge in [0.2, 0.25) is 11.8 Å². The summed E-state index contributed by atoms with van der Waals surface area (Å²) in [6.45, 7) is 12.9. The molecule has 2 saturated heterocycles. The van der Waals surface area contributed by atoms with Crippen molar-refractivity contribution >= 4 is 17.8 Å². The summed E-state index contributed by atoms with van der Waals surface area (Å²) in [7, 11) is 0. The molecule has 34 heavy (non-hydrogen) atoms. The van der Waals surface area contributed by atoms with E-state index in [0.717, 1.165) is 6.42 Å². The standard InChI is InChI=1S/C26H38N2O6/c1-23(2,3)16-24(4,5)28-13-7-11-26-17(18-22(32)33-15-8-10-25(18,6)34-26)20(30)27(12-9-14-29)19(26)21(28)31/h7-8,10-11,17-19,29H,9,12-16H2,1-6H3/t17-,18-,19?,25+,26-/m0/s1.